The van der Waals surface area contributed by atoms with Gasteiger partial charge in [0.05, 0.1) is 12.7 Å². The summed E-state index contributed by atoms with van der Waals surface area (Å²) in [6.07, 6.45) is 40.1. The number of aliphatic hydroxyl groups excluding tert-OH is 2. The Bertz CT molecular complexity index is 851. The molecule has 0 amide bonds. The molecule has 0 aliphatic rings. The number of carbonyl (C=O) groups excluding carboxylic acids is 2. The molecule has 0 aliphatic heterocycles. The number of unbranched alkanes of at least 4 members (excludes halogenated alkanes) is 9. The van der Waals surface area contributed by atoms with Crippen LogP contribution in [0.25, 0.3) is 0 Å². The minimum Gasteiger partial charge on any atom is -0.462 e. The van der Waals surface area contributed by atoms with Crippen molar-refractivity contribution < 1.29 is 29.3 Å². The molecular formula is C38H62O6. The quantitative estimate of drug-likeness (QED) is 0.0378. The zero-order valence-electron chi connectivity index (χ0n) is 27.8. The zero-order valence-corrected chi connectivity index (χ0v) is 27.8. The number of hydrogen-bond donors (Lipinski definition) is 2. The first-order valence-electron chi connectivity index (χ1n) is 17.1. The highest BCUT2D eigenvalue weighted by atomic mass is 16.6. The zero-order chi connectivity index (χ0) is 32.4. The van der Waals surface area contributed by atoms with Gasteiger partial charge in [0.25, 0.3) is 0 Å². The number of esters is 2. The Kier molecular flexibility index (Phi) is 31.2. The molecular weight excluding hydrogens is 552 g/mol. The molecule has 0 bridgehead atoms. The molecule has 2 N–H and O–H groups in total. The Morgan fingerprint density at radius 1 is 0.659 bits per heavy atom. The van der Waals surface area contributed by atoms with Crippen molar-refractivity contribution in [2.45, 2.75) is 142 Å². The van der Waals surface area contributed by atoms with E-state index in [1.165, 1.54) is 44.9 Å². The number of ether oxygens (including phenoxy) is 2. The SMILES string of the molecule is CC/C=C\CC(O)/C=C/C=C/C/C=C\C/C=C\C/C=C\CCC(=O)OC[C@H](CO)OC(=O)CCCCCCCCCCCC. The van der Waals surface area contributed by atoms with Crippen LogP contribution in [0.5, 0.6) is 0 Å². The molecule has 44 heavy (non-hydrogen) atoms. The van der Waals surface area contributed by atoms with E-state index in [0.29, 0.717) is 19.3 Å². The maximum atomic E-state index is 12.1. The predicted molar refractivity (Wildman–Crippen MR) is 183 cm³/mol. The second kappa shape index (κ2) is 33.2. The third kappa shape index (κ3) is 30.7. The molecule has 0 aliphatic carbocycles. The first kappa shape index (κ1) is 41.3. The maximum absolute atomic E-state index is 12.1. The summed E-state index contributed by atoms with van der Waals surface area (Å²) in [5, 5.41) is 19.3. The lowest BCUT2D eigenvalue weighted by Gasteiger charge is -2.15. The van der Waals surface area contributed by atoms with Gasteiger partial charge >= 0.3 is 11.9 Å². The lowest BCUT2D eigenvalue weighted by Crippen LogP contribution is -2.28. The number of carbonyl (C=O) groups is 2. The number of hydrogen-bond acceptors (Lipinski definition) is 6. The van der Waals surface area contributed by atoms with Crippen LogP contribution >= 0.6 is 0 Å². The van der Waals surface area contributed by atoms with Crippen molar-refractivity contribution in [3.8, 4) is 0 Å². The summed E-state index contributed by atoms with van der Waals surface area (Å²) < 4.78 is 10.5. The molecule has 6 heteroatoms. The Morgan fingerprint density at radius 3 is 1.86 bits per heavy atom. The molecule has 6 nitrogen and oxygen atoms in total. The van der Waals surface area contributed by atoms with Gasteiger partial charge in [-0.05, 0) is 44.9 Å². The molecule has 0 aromatic rings. The van der Waals surface area contributed by atoms with E-state index in [-0.39, 0.29) is 31.6 Å². The molecule has 1 unspecified atom stereocenters. The molecule has 250 valence electrons. The van der Waals surface area contributed by atoms with Gasteiger partial charge in [-0.2, -0.15) is 0 Å². The van der Waals surface area contributed by atoms with Gasteiger partial charge in [0.2, 0.25) is 0 Å². The highest BCUT2D eigenvalue weighted by Gasteiger charge is 2.15. The van der Waals surface area contributed by atoms with Gasteiger partial charge in [-0.15, -0.1) is 0 Å². The van der Waals surface area contributed by atoms with Gasteiger partial charge in [0.1, 0.15) is 6.61 Å². The van der Waals surface area contributed by atoms with Crippen LogP contribution in [0, 0.1) is 0 Å². The van der Waals surface area contributed by atoms with Crippen LogP contribution in [0.3, 0.4) is 0 Å². The topological polar surface area (TPSA) is 93.1 Å². The minimum atomic E-state index is -0.811. The molecule has 0 spiro atoms. The Labute approximate surface area is 268 Å². The smallest absolute Gasteiger partial charge is 0.306 e. The van der Waals surface area contributed by atoms with Crippen LogP contribution in [0.2, 0.25) is 0 Å². The Morgan fingerprint density at radius 2 is 1.25 bits per heavy atom. The van der Waals surface area contributed by atoms with Crippen LogP contribution in [0.4, 0.5) is 0 Å². The molecule has 0 heterocycles. The number of rotatable bonds is 29. The van der Waals surface area contributed by atoms with Crippen molar-refractivity contribution >= 4 is 11.9 Å². The highest BCUT2D eigenvalue weighted by Crippen LogP contribution is 2.12. The van der Waals surface area contributed by atoms with E-state index in [9.17, 15) is 19.8 Å². The summed E-state index contributed by atoms with van der Waals surface area (Å²) >= 11 is 0. The maximum Gasteiger partial charge on any atom is 0.306 e. The van der Waals surface area contributed by atoms with Gasteiger partial charge < -0.3 is 19.7 Å². The lowest BCUT2D eigenvalue weighted by molar-refractivity contribution is -0.161. The van der Waals surface area contributed by atoms with E-state index in [0.717, 1.165) is 44.9 Å². The summed E-state index contributed by atoms with van der Waals surface area (Å²) in [6, 6.07) is 0. The van der Waals surface area contributed by atoms with Gasteiger partial charge in [0, 0.05) is 12.8 Å². The summed E-state index contributed by atoms with van der Waals surface area (Å²) in [5.41, 5.74) is 0. The van der Waals surface area contributed by atoms with Crippen molar-refractivity contribution in [3.05, 3.63) is 72.9 Å². The molecule has 0 saturated heterocycles. The fourth-order valence-electron chi connectivity index (χ4n) is 4.25. The minimum absolute atomic E-state index is 0.119. The van der Waals surface area contributed by atoms with E-state index in [1.54, 1.807) is 6.08 Å². The van der Waals surface area contributed by atoms with Gasteiger partial charge in [-0.3, -0.25) is 9.59 Å². The van der Waals surface area contributed by atoms with Crippen molar-refractivity contribution in [2.24, 2.45) is 0 Å². The van der Waals surface area contributed by atoms with Crippen LogP contribution < -0.4 is 0 Å². The average Bonchev–Trinajstić information content (AvgIpc) is 3.02. The first-order chi connectivity index (χ1) is 21.5. The molecule has 0 rings (SSSR count). The van der Waals surface area contributed by atoms with E-state index in [1.807, 2.05) is 30.4 Å². The monoisotopic (exact) mass is 614 g/mol. The second-order valence-corrected chi connectivity index (χ2v) is 11.1. The van der Waals surface area contributed by atoms with Crippen molar-refractivity contribution in [2.75, 3.05) is 13.2 Å². The second-order valence-electron chi connectivity index (χ2n) is 11.1. The van der Waals surface area contributed by atoms with E-state index < -0.39 is 12.2 Å². The number of allylic oxidation sites excluding steroid dienone is 10. The van der Waals surface area contributed by atoms with Crippen molar-refractivity contribution in [3.63, 3.8) is 0 Å². The van der Waals surface area contributed by atoms with E-state index in [4.69, 9.17) is 9.47 Å². The average molecular weight is 615 g/mol. The predicted octanol–water partition coefficient (Wildman–Crippen LogP) is 9.19. The van der Waals surface area contributed by atoms with E-state index in [2.05, 4.69) is 50.3 Å². The molecule has 0 aromatic carbocycles. The third-order valence-corrected chi connectivity index (χ3v) is 6.86. The molecule has 0 aromatic heterocycles. The van der Waals surface area contributed by atoms with Crippen LogP contribution in [-0.4, -0.2) is 47.6 Å². The lowest BCUT2D eigenvalue weighted by atomic mass is 10.1. The fourth-order valence-corrected chi connectivity index (χ4v) is 4.25. The molecule has 0 fully saturated rings. The summed E-state index contributed by atoms with van der Waals surface area (Å²) in [4.78, 5) is 24.1. The fraction of sp³-hybridized carbons (Fsp3) is 0.632. The summed E-state index contributed by atoms with van der Waals surface area (Å²) in [6.45, 7) is 3.82. The number of aliphatic hydroxyl groups is 2. The molecule has 2 atom stereocenters. The summed E-state index contributed by atoms with van der Waals surface area (Å²) in [5.74, 6) is -0.719. The van der Waals surface area contributed by atoms with Crippen LogP contribution in [-0.2, 0) is 19.1 Å². The van der Waals surface area contributed by atoms with Gasteiger partial charge in [-0.1, -0.05) is 145 Å². The standard InChI is InChI=1S/C38H62O6/c1-3-5-7-8-9-10-17-21-24-28-32-38(42)44-36(33-39)34-43-37(41)31-27-23-20-18-15-13-11-12-14-16-19-22-26-30-35(40)29-25-6-4-2/h6,12-15,19-20,22-23,25-26,30,35-36,39-40H,3-5,7-11,16-18,21,24,27-29,31-34H2,1-2H3/b14-12-,15-13-,22-19+,23-20-,25-6-,30-26+/t35?,36-/m0/s1. The van der Waals surface area contributed by atoms with Crippen molar-refractivity contribution in [1.82, 2.24) is 0 Å². The largest absolute Gasteiger partial charge is 0.462 e. The summed E-state index contributed by atoms with van der Waals surface area (Å²) in [7, 11) is 0. The van der Waals surface area contributed by atoms with Gasteiger partial charge in [0.15, 0.2) is 6.10 Å². The van der Waals surface area contributed by atoms with Crippen LogP contribution in [0.15, 0.2) is 72.9 Å². The molecule has 0 radical (unpaired) electrons. The molecule has 0 saturated carbocycles. The van der Waals surface area contributed by atoms with Gasteiger partial charge in [-0.25, -0.2) is 0 Å². The highest BCUT2D eigenvalue weighted by molar-refractivity contribution is 5.70. The normalized spacial score (nSPS) is 13.8. The van der Waals surface area contributed by atoms with E-state index >= 15 is 0 Å². The Balaban J connectivity index is 3.81. The van der Waals surface area contributed by atoms with Crippen molar-refractivity contribution in [1.29, 1.82) is 0 Å². The first-order valence-corrected chi connectivity index (χ1v) is 17.1. The third-order valence-electron chi connectivity index (χ3n) is 6.86. The van der Waals surface area contributed by atoms with Crippen LogP contribution in [0.1, 0.15) is 129 Å². The Hall–Kier alpha value is -2.70.